The number of nitrogens with one attached hydrogen (secondary N) is 2. The molecule has 0 bridgehead atoms. The Morgan fingerprint density at radius 2 is 1.95 bits per heavy atom. The van der Waals surface area contributed by atoms with Gasteiger partial charge in [0.2, 0.25) is 5.91 Å². The lowest BCUT2D eigenvalue weighted by Crippen LogP contribution is -2.28. The zero-order valence-corrected chi connectivity index (χ0v) is 11.2. The maximum Gasteiger partial charge on any atom is 0.249 e. The molecule has 104 valence electrons. The van der Waals surface area contributed by atoms with Crippen molar-refractivity contribution in [2.75, 3.05) is 0 Å². The van der Waals surface area contributed by atoms with Crippen molar-refractivity contribution in [2.45, 2.75) is 0 Å². The first-order valence-corrected chi connectivity index (χ1v) is 6.50. The van der Waals surface area contributed by atoms with E-state index in [0.717, 1.165) is 16.8 Å². The molecule has 4 N–H and O–H groups in total. The molecule has 0 saturated carbocycles. The highest BCUT2D eigenvalue weighted by atomic mass is 16.1. The molecular weight excluding hydrogens is 264 g/mol. The molecule has 0 spiro atoms. The van der Waals surface area contributed by atoms with Crippen LogP contribution in [0.25, 0.3) is 16.8 Å². The molecule has 1 aromatic heterocycles. The number of hydrazine groups is 1. The van der Waals surface area contributed by atoms with Crippen LogP contribution in [-0.4, -0.2) is 10.9 Å². The summed E-state index contributed by atoms with van der Waals surface area (Å²) in [7, 11) is 0. The second-order valence-electron chi connectivity index (χ2n) is 4.52. The van der Waals surface area contributed by atoms with E-state index in [1.165, 1.54) is 0 Å². The van der Waals surface area contributed by atoms with Gasteiger partial charge in [-0.2, -0.15) is 0 Å². The van der Waals surface area contributed by atoms with Gasteiger partial charge in [0.15, 0.2) is 0 Å². The monoisotopic (exact) mass is 278 g/mol. The number of allylic oxidation sites excluding steroid dienone is 2. The van der Waals surface area contributed by atoms with Crippen molar-refractivity contribution in [3.05, 3.63) is 72.2 Å². The average Bonchev–Trinajstić information content (AvgIpc) is 2.55. The van der Waals surface area contributed by atoms with E-state index in [2.05, 4.69) is 15.8 Å². The Bertz CT molecular complexity index is 735. The summed E-state index contributed by atoms with van der Waals surface area (Å²) in [5.74, 6) is -0.475. The number of rotatable bonds is 3. The maximum atomic E-state index is 11.8. The molecule has 5 nitrogen and oxygen atoms in total. The first-order valence-electron chi connectivity index (χ1n) is 6.50. The molecular formula is C16H14N4O. The molecule has 0 radical (unpaired) electrons. The fraction of sp³-hybridized carbons (Fsp3) is 0. The number of nitrogens with zero attached hydrogens (tertiary/aromatic N) is 1. The van der Waals surface area contributed by atoms with E-state index in [0.29, 0.717) is 11.3 Å². The third-order valence-corrected chi connectivity index (χ3v) is 3.18. The van der Waals surface area contributed by atoms with Gasteiger partial charge in [0.05, 0.1) is 17.0 Å². The predicted octanol–water partition coefficient (Wildman–Crippen LogP) is 1.81. The van der Waals surface area contributed by atoms with Gasteiger partial charge in [0, 0.05) is 18.0 Å². The van der Waals surface area contributed by atoms with Crippen LogP contribution >= 0.6 is 0 Å². The molecule has 1 aliphatic rings. The number of benzene rings is 1. The summed E-state index contributed by atoms with van der Waals surface area (Å²) in [6.07, 6.45) is 7.10. The van der Waals surface area contributed by atoms with E-state index < -0.39 is 5.91 Å². The van der Waals surface area contributed by atoms with Gasteiger partial charge < -0.3 is 11.2 Å². The molecule has 2 heterocycles. The number of amides is 1. The average molecular weight is 278 g/mol. The van der Waals surface area contributed by atoms with Crippen molar-refractivity contribution < 1.29 is 4.79 Å². The molecule has 0 saturated heterocycles. The first kappa shape index (κ1) is 12.9. The van der Waals surface area contributed by atoms with Crippen molar-refractivity contribution in [3.63, 3.8) is 0 Å². The highest BCUT2D eigenvalue weighted by Gasteiger charge is 2.18. The van der Waals surface area contributed by atoms with Crippen LogP contribution in [0.2, 0.25) is 0 Å². The number of hydrogen-bond acceptors (Lipinski definition) is 4. The highest BCUT2D eigenvalue weighted by Crippen LogP contribution is 2.29. The molecule has 1 amide bonds. The Hall–Kier alpha value is -3.08. The lowest BCUT2D eigenvalue weighted by molar-refractivity contribution is 0.100. The number of aromatic nitrogens is 1. The molecule has 2 aromatic rings. The van der Waals surface area contributed by atoms with Crippen LogP contribution in [0, 0.1) is 0 Å². The Morgan fingerprint density at radius 1 is 1.14 bits per heavy atom. The SMILES string of the molecule is NC(=O)c1ccnc(C2=CC=CNN2)c1-c1ccccc1. The lowest BCUT2D eigenvalue weighted by Gasteiger charge is -2.18. The fourth-order valence-corrected chi connectivity index (χ4v) is 2.26. The number of carbonyl (C=O) groups excluding carboxylic acids is 1. The van der Waals surface area contributed by atoms with Gasteiger partial charge in [-0.05, 0) is 23.8 Å². The molecule has 0 unspecified atom stereocenters. The van der Waals surface area contributed by atoms with Crippen molar-refractivity contribution in [1.82, 2.24) is 15.8 Å². The third-order valence-electron chi connectivity index (χ3n) is 3.18. The molecule has 21 heavy (non-hydrogen) atoms. The normalized spacial score (nSPS) is 13.0. The van der Waals surface area contributed by atoms with Crippen molar-refractivity contribution >= 4 is 11.6 Å². The minimum absolute atomic E-state index is 0.448. The van der Waals surface area contributed by atoms with Crippen molar-refractivity contribution in [3.8, 4) is 11.1 Å². The van der Waals surface area contributed by atoms with Crippen molar-refractivity contribution in [1.29, 1.82) is 0 Å². The minimum atomic E-state index is -0.475. The van der Waals surface area contributed by atoms with E-state index in [9.17, 15) is 4.79 Å². The quantitative estimate of drug-likeness (QED) is 0.800. The van der Waals surface area contributed by atoms with Crippen molar-refractivity contribution in [2.24, 2.45) is 5.73 Å². The predicted molar refractivity (Wildman–Crippen MR) is 81.6 cm³/mol. The molecule has 0 atom stereocenters. The molecule has 0 fully saturated rings. The highest BCUT2D eigenvalue weighted by molar-refractivity contribution is 6.02. The Morgan fingerprint density at radius 3 is 2.62 bits per heavy atom. The topological polar surface area (TPSA) is 80.0 Å². The number of primary amides is 1. The largest absolute Gasteiger partial charge is 0.366 e. The summed E-state index contributed by atoms with van der Waals surface area (Å²) < 4.78 is 0. The lowest BCUT2D eigenvalue weighted by atomic mass is 9.96. The van der Waals surface area contributed by atoms with Gasteiger partial charge in [0.25, 0.3) is 0 Å². The zero-order chi connectivity index (χ0) is 14.7. The third kappa shape index (κ3) is 2.49. The van der Waals surface area contributed by atoms with Crippen LogP contribution in [0.15, 0.2) is 60.9 Å². The summed E-state index contributed by atoms with van der Waals surface area (Å²) in [5, 5.41) is 0. The fourth-order valence-electron chi connectivity index (χ4n) is 2.26. The Balaban J connectivity index is 2.25. The van der Waals surface area contributed by atoms with Gasteiger partial charge in [-0.25, -0.2) is 0 Å². The Kier molecular flexibility index (Phi) is 3.39. The van der Waals surface area contributed by atoms with E-state index >= 15 is 0 Å². The Labute approximate surface area is 122 Å². The minimum Gasteiger partial charge on any atom is -0.366 e. The van der Waals surface area contributed by atoms with E-state index in [1.807, 2.05) is 42.5 Å². The second-order valence-corrected chi connectivity index (χ2v) is 4.52. The molecule has 1 aliphatic heterocycles. The van der Waals surface area contributed by atoms with E-state index in [4.69, 9.17) is 5.73 Å². The van der Waals surface area contributed by atoms with E-state index in [1.54, 1.807) is 18.5 Å². The molecule has 5 heteroatoms. The van der Waals surface area contributed by atoms with Gasteiger partial charge in [0.1, 0.15) is 0 Å². The van der Waals surface area contributed by atoms with Gasteiger partial charge in [-0.15, -0.1) is 0 Å². The summed E-state index contributed by atoms with van der Waals surface area (Å²) in [4.78, 5) is 16.2. The standard InChI is InChI=1S/C16H14N4O/c17-16(21)12-8-10-18-15(13-7-4-9-19-20-13)14(12)11-5-2-1-3-6-11/h1-10,19-20H,(H2,17,21). The van der Waals surface area contributed by atoms with Crippen LogP contribution in [0.3, 0.4) is 0 Å². The molecule has 1 aromatic carbocycles. The summed E-state index contributed by atoms with van der Waals surface area (Å²) in [5.41, 5.74) is 15.0. The van der Waals surface area contributed by atoms with E-state index in [-0.39, 0.29) is 0 Å². The summed E-state index contributed by atoms with van der Waals surface area (Å²) in [6.45, 7) is 0. The van der Waals surface area contributed by atoms with Crippen LogP contribution < -0.4 is 16.6 Å². The molecule has 0 aliphatic carbocycles. The zero-order valence-electron chi connectivity index (χ0n) is 11.2. The van der Waals surface area contributed by atoms with Crippen LogP contribution in [0.4, 0.5) is 0 Å². The first-order chi connectivity index (χ1) is 10.3. The summed E-state index contributed by atoms with van der Waals surface area (Å²) in [6, 6.07) is 11.3. The number of nitrogens with two attached hydrogens (primary N) is 1. The smallest absolute Gasteiger partial charge is 0.249 e. The number of hydrogen-bond donors (Lipinski definition) is 3. The molecule has 3 rings (SSSR count). The van der Waals surface area contributed by atoms with Crippen LogP contribution in [0.1, 0.15) is 16.1 Å². The summed E-state index contributed by atoms with van der Waals surface area (Å²) >= 11 is 0. The second kappa shape index (κ2) is 5.50. The number of pyridine rings is 1. The van der Waals surface area contributed by atoms with Crippen LogP contribution in [-0.2, 0) is 0 Å². The van der Waals surface area contributed by atoms with Gasteiger partial charge in [-0.1, -0.05) is 30.3 Å². The number of carbonyl (C=O) groups is 1. The van der Waals surface area contributed by atoms with Gasteiger partial charge >= 0.3 is 0 Å². The van der Waals surface area contributed by atoms with Gasteiger partial charge in [-0.3, -0.25) is 15.2 Å². The van der Waals surface area contributed by atoms with Crippen LogP contribution in [0.5, 0.6) is 0 Å². The maximum absolute atomic E-state index is 11.8.